The lowest BCUT2D eigenvalue weighted by atomic mass is 10.0. The number of anilines is 1. The summed E-state index contributed by atoms with van der Waals surface area (Å²) in [4.78, 5) is 0. The van der Waals surface area contributed by atoms with Gasteiger partial charge in [-0.15, -0.1) is 0 Å². The molecule has 1 heterocycles. The highest BCUT2D eigenvalue weighted by Crippen LogP contribution is 2.29. The number of rotatable bonds is 3. The molecule has 0 amide bonds. The van der Waals surface area contributed by atoms with Crippen LogP contribution in [0.25, 0.3) is 0 Å². The summed E-state index contributed by atoms with van der Waals surface area (Å²) >= 11 is 0. The van der Waals surface area contributed by atoms with Crippen molar-refractivity contribution in [3.63, 3.8) is 0 Å². The second-order valence-electron chi connectivity index (χ2n) is 3.78. The standard InChI is InChI=1S/C12H15N3O2/c1-15-11(5-6-14-15)12(16)9-7-8(17-2)3-4-10(9)13/h3-7,12,16H,13H2,1-2H3. The maximum atomic E-state index is 10.3. The smallest absolute Gasteiger partial charge is 0.123 e. The molecule has 3 N–H and O–H groups in total. The summed E-state index contributed by atoms with van der Waals surface area (Å²) in [6.45, 7) is 0. The van der Waals surface area contributed by atoms with Gasteiger partial charge in [0.25, 0.3) is 0 Å². The fourth-order valence-electron chi connectivity index (χ4n) is 1.73. The van der Waals surface area contributed by atoms with Crippen LogP contribution in [-0.2, 0) is 7.05 Å². The first-order valence-electron chi connectivity index (χ1n) is 5.23. The number of hydrogen-bond acceptors (Lipinski definition) is 4. The number of benzene rings is 1. The van der Waals surface area contributed by atoms with Crippen molar-refractivity contribution in [3.05, 3.63) is 41.7 Å². The summed E-state index contributed by atoms with van der Waals surface area (Å²) in [6.07, 6.45) is 0.826. The molecule has 0 bridgehead atoms. The molecule has 1 aromatic heterocycles. The molecule has 5 nitrogen and oxygen atoms in total. The lowest BCUT2D eigenvalue weighted by Gasteiger charge is -2.14. The molecule has 1 atom stereocenters. The van der Waals surface area contributed by atoms with Gasteiger partial charge in [-0.2, -0.15) is 5.10 Å². The summed E-state index contributed by atoms with van der Waals surface area (Å²) < 4.78 is 6.73. The van der Waals surface area contributed by atoms with E-state index in [1.807, 2.05) is 0 Å². The Morgan fingerprint density at radius 3 is 2.76 bits per heavy atom. The van der Waals surface area contributed by atoms with E-state index in [0.29, 0.717) is 22.7 Å². The average molecular weight is 233 g/mol. The number of aliphatic hydroxyl groups is 1. The van der Waals surface area contributed by atoms with Crippen molar-refractivity contribution in [1.82, 2.24) is 9.78 Å². The number of nitrogens with zero attached hydrogens (tertiary/aromatic N) is 2. The second-order valence-corrected chi connectivity index (χ2v) is 3.78. The molecule has 5 heteroatoms. The second kappa shape index (κ2) is 4.47. The van der Waals surface area contributed by atoms with Gasteiger partial charge in [0, 0.05) is 24.5 Å². The fourth-order valence-corrected chi connectivity index (χ4v) is 1.73. The van der Waals surface area contributed by atoms with Crippen LogP contribution in [0.3, 0.4) is 0 Å². The van der Waals surface area contributed by atoms with Gasteiger partial charge in [0.2, 0.25) is 0 Å². The lowest BCUT2D eigenvalue weighted by molar-refractivity contribution is 0.210. The molecule has 2 aromatic rings. The molecule has 0 fully saturated rings. The fraction of sp³-hybridized carbons (Fsp3) is 0.250. The highest BCUT2D eigenvalue weighted by atomic mass is 16.5. The molecule has 17 heavy (non-hydrogen) atoms. The number of nitrogen functional groups attached to an aromatic ring is 1. The Bertz CT molecular complexity index is 522. The molecular weight excluding hydrogens is 218 g/mol. The van der Waals surface area contributed by atoms with Gasteiger partial charge in [-0.25, -0.2) is 0 Å². The molecule has 90 valence electrons. The number of ether oxygens (including phenoxy) is 1. The van der Waals surface area contributed by atoms with Gasteiger partial charge >= 0.3 is 0 Å². The predicted molar refractivity (Wildman–Crippen MR) is 64.7 cm³/mol. The number of nitrogens with two attached hydrogens (primary N) is 1. The lowest BCUT2D eigenvalue weighted by Crippen LogP contribution is -2.09. The Morgan fingerprint density at radius 2 is 2.18 bits per heavy atom. The van der Waals surface area contributed by atoms with E-state index >= 15 is 0 Å². The zero-order chi connectivity index (χ0) is 12.4. The van der Waals surface area contributed by atoms with E-state index in [9.17, 15) is 5.11 Å². The zero-order valence-electron chi connectivity index (χ0n) is 9.79. The van der Waals surface area contributed by atoms with Crippen molar-refractivity contribution in [2.24, 2.45) is 7.05 Å². The topological polar surface area (TPSA) is 73.3 Å². The van der Waals surface area contributed by atoms with Crippen LogP contribution in [0.4, 0.5) is 5.69 Å². The summed E-state index contributed by atoms with van der Waals surface area (Å²) in [5, 5.41) is 14.3. The molecule has 0 spiro atoms. The van der Waals surface area contributed by atoms with Crippen LogP contribution in [0, 0.1) is 0 Å². The van der Waals surface area contributed by atoms with Crippen LogP contribution in [0.2, 0.25) is 0 Å². The SMILES string of the molecule is COc1ccc(N)c(C(O)c2ccnn2C)c1. The first-order valence-corrected chi connectivity index (χ1v) is 5.23. The highest BCUT2D eigenvalue weighted by Gasteiger charge is 2.17. The van der Waals surface area contributed by atoms with E-state index in [1.165, 1.54) is 0 Å². The van der Waals surface area contributed by atoms with E-state index in [1.54, 1.807) is 49.3 Å². The third kappa shape index (κ3) is 2.09. The minimum Gasteiger partial charge on any atom is -0.497 e. The Morgan fingerprint density at radius 1 is 1.41 bits per heavy atom. The summed E-state index contributed by atoms with van der Waals surface area (Å²) in [5.41, 5.74) is 7.69. The minimum atomic E-state index is -0.808. The van der Waals surface area contributed by atoms with E-state index in [-0.39, 0.29) is 0 Å². The summed E-state index contributed by atoms with van der Waals surface area (Å²) in [5.74, 6) is 0.662. The number of aliphatic hydroxyl groups excluding tert-OH is 1. The van der Waals surface area contributed by atoms with E-state index in [2.05, 4.69) is 5.10 Å². The van der Waals surface area contributed by atoms with Crippen LogP contribution in [0.15, 0.2) is 30.5 Å². The van der Waals surface area contributed by atoms with Crippen molar-refractivity contribution >= 4 is 5.69 Å². The molecule has 0 saturated heterocycles. The Kier molecular flexibility index (Phi) is 3.01. The largest absolute Gasteiger partial charge is 0.497 e. The van der Waals surface area contributed by atoms with Gasteiger partial charge in [-0.05, 0) is 24.3 Å². The van der Waals surface area contributed by atoms with Crippen molar-refractivity contribution in [3.8, 4) is 5.75 Å². The van der Waals surface area contributed by atoms with Crippen molar-refractivity contribution in [1.29, 1.82) is 0 Å². The molecule has 0 saturated carbocycles. The number of aromatic nitrogens is 2. The van der Waals surface area contributed by atoms with Crippen LogP contribution in [-0.4, -0.2) is 22.0 Å². The Labute approximate surface area is 99.4 Å². The van der Waals surface area contributed by atoms with Crippen LogP contribution < -0.4 is 10.5 Å². The zero-order valence-corrected chi connectivity index (χ0v) is 9.79. The maximum Gasteiger partial charge on any atom is 0.123 e. The third-order valence-corrected chi connectivity index (χ3v) is 2.73. The molecule has 1 unspecified atom stereocenters. The first-order chi connectivity index (χ1) is 8.13. The molecule has 0 aliphatic rings. The van der Waals surface area contributed by atoms with E-state index < -0.39 is 6.10 Å². The van der Waals surface area contributed by atoms with Gasteiger partial charge in [-0.1, -0.05) is 0 Å². The van der Waals surface area contributed by atoms with Crippen LogP contribution >= 0.6 is 0 Å². The quantitative estimate of drug-likeness (QED) is 0.778. The number of aryl methyl sites for hydroxylation is 1. The molecule has 0 aliphatic heterocycles. The minimum absolute atomic E-state index is 0.527. The molecule has 1 aromatic carbocycles. The third-order valence-electron chi connectivity index (χ3n) is 2.73. The van der Waals surface area contributed by atoms with Gasteiger partial charge < -0.3 is 15.6 Å². The van der Waals surface area contributed by atoms with Gasteiger partial charge in [0.1, 0.15) is 11.9 Å². The van der Waals surface area contributed by atoms with Crippen LogP contribution in [0.5, 0.6) is 5.75 Å². The predicted octanol–water partition coefficient (Wildman–Crippen LogP) is 1.09. The highest BCUT2D eigenvalue weighted by molar-refractivity contribution is 5.53. The number of methoxy groups -OCH3 is 1. The van der Waals surface area contributed by atoms with Gasteiger partial charge in [0.15, 0.2) is 0 Å². The Balaban J connectivity index is 2.43. The average Bonchev–Trinajstić information content (AvgIpc) is 2.75. The van der Waals surface area contributed by atoms with Crippen LogP contribution in [0.1, 0.15) is 17.4 Å². The van der Waals surface area contributed by atoms with Gasteiger partial charge in [-0.3, -0.25) is 4.68 Å². The molecule has 0 radical (unpaired) electrons. The summed E-state index contributed by atoms with van der Waals surface area (Å²) in [6, 6.07) is 6.96. The molecular formula is C12H15N3O2. The molecule has 0 aliphatic carbocycles. The summed E-state index contributed by atoms with van der Waals surface area (Å²) in [7, 11) is 3.35. The van der Waals surface area contributed by atoms with Crippen molar-refractivity contribution in [2.75, 3.05) is 12.8 Å². The Hall–Kier alpha value is -2.01. The number of hydrogen-bond donors (Lipinski definition) is 2. The monoisotopic (exact) mass is 233 g/mol. The van der Waals surface area contributed by atoms with E-state index in [4.69, 9.17) is 10.5 Å². The van der Waals surface area contributed by atoms with Gasteiger partial charge in [0.05, 0.1) is 12.8 Å². The van der Waals surface area contributed by atoms with Crippen molar-refractivity contribution < 1.29 is 9.84 Å². The molecule has 2 rings (SSSR count). The normalized spacial score (nSPS) is 12.4. The van der Waals surface area contributed by atoms with E-state index in [0.717, 1.165) is 0 Å². The first kappa shape index (κ1) is 11.5. The van der Waals surface area contributed by atoms with Crippen molar-refractivity contribution in [2.45, 2.75) is 6.10 Å². The maximum absolute atomic E-state index is 10.3.